The lowest BCUT2D eigenvalue weighted by molar-refractivity contribution is 0.910. The molecule has 0 amide bonds. The van der Waals surface area contributed by atoms with Gasteiger partial charge in [-0.2, -0.15) is 0 Å². The number of aryl methyl sites for hydroxylation is 1. The molecule has 0 aliphatic heterocycles. The molecule has 1 aliphatic carbocycles. The number of pyridine rings is 1. The summed E-state index contributed by atoms with van der Waals surface area (Å²) in [4.78, 5) is 13.2. The Morgan fingerprint density at radius 3 is 2.83 bits per heavy atom. The van der Waals surface area contributed by atoms with Crippen molar-refractivity contribution in [2.75, 3.05) is 0 Å². The number of rotatable bonds is 3. The molecule has 2 heterocycles. The largest absolute Gasteiger partial charge is 0.326 e. The van der Waals surface area contributed by atoms with Crippen LogP contribution in [0.15, 0.2) is 24.7 Å². The lowest BCUT2D eigenvalue weighted by atomic mass is 10.1. The summed E-state index contributed by atoms with van der Waals surface area (Å²) < 4.78 is 0. The molecule has 0 bridgehead atoms. The molecule has 0 spiro atoms. The molecule has 4 nitrogen and oxygen atoms in total. The van der Waals surface area contributed by atoms with Gasteiger partial charge < -0.3 is 5.73 Å². The SMILES string of the molecule is Cc1cnccc1-c1ncc(CN)c(C2CC2)n1. The highest BCUT2D eigenvalue weighted by molar-refractivity contribution is 5.59. The summed E-state index contributed by atoms with van der Waals surface area (Å²) >= 11 is 0. The van der Waals surface area contributed by atoms with Crippen molar-refractivity contribution >= 4 is 0 Å². The van der Waals surface area contributed by atoms with Crippen molar-refractivity contribution in [1.82, 2.24) is 15.0 Å². The fourth-order valence-electron chi connectivity index (χ4n) is 2.14. The second-order valence-electron chi connectivity index (χ2n) is 4.77. The van der Waals surface area contributed by atoms with Crippen LogP contribution in [0.1, 0.15) is 35.6 Å². The molecular weight excluding hydrogens is 224 g/mol. The molecule has 2 N–H and O–H groups in total. The summed E-state index contributed by atoms with van der Waals surface area (Å²) in [6, 6.07) is 1.96. The Morgan fingerprint density at radius 2 is 2.17 bits per heavy atom. The summed E-state index contributed by atoms with van der Waals surface area (Å²) in [5.74, 6) is 1.38. The fraction of sp³-hybridized carbons (Fsp3) is 0.357. The van der Waals surface area contributed by atoms with Crippen LogP contribution in [0.25, 0.3) is 11.4 Å². The van der Waals surface area contributed by atoms with E-state index in [4.69, 9.17) is 10.7 Å². The first-order valence-electron chi connectivity index (χ1n) is 6.26. The highest BCUT2D eigenvalue weighted by atomic mass is 14.9. The van der Waals surface area contributed by atoms with Gasteiger partial charge in [-0.3, -0.25) is 4.98 Å². The average molecular weight is 240 g/mol. The molecule has 92 valence electrons. The van der Waals surface area contributed by atoms with Crippen LogP contribution in [0, 0.1) is 6.92 Å². The Morgan fingerprint density at radius 1 is 1.33 bits per heavy atom. The van der Waals surface area contributed by atoms with E-state index in [0.717, 1.165) is 28.2 Å². The van der Waals surface area contributed by atoms with Crippen molar-refractivity contribution in [2.45, 2.75) is 32.2 Å². The zero-order valence-electron chi connectivity index (χ0n) is 10.4. The number of hydrogen-bond donors (Lipinski definition) is 1. The lowest BCUT2D eigenvalue weighted by Gasteiger charge is -2.09. The number of hydrogen-bond acceptors (Lipinski definition) is 4. The number of aromatic nitrogens is 3. The van der Waals surface area contributed by atoms with Crippen molar-refractivity contribution in [3.8, 4) is 11.4 Å². The van der Waals surface area contributed by atoms with E-state index in [1.165, 1.54) is 12.8 Å². The van der Waals surface area contributed by atoms with Crippen molar-refractivity contribution < 1.29 is 0 Å². The molecule has 0 atom stereocenters. The van der Waals surface area contributed by atoms with Gasteiger partial charge in [-0.25, -0.2) is 9.97 Å². The second kappa shape index (κ2) is 4.46. The first-order valence-corrected chi connectivity index (χ1v) is 6.26. The normalized spacial score (nSPS) is 14.8. The first kappa shape index (κ1) is 11.3. The third-order valence-electron chi connectivity index (χ3n) is 3.34. The first-order chi connectivity index (χ1) is 8.79. The van der Waals surface area contributed by atoms with Crippen LogP contribution in [0.5, 0.6) is 0 Å². The lowest BCUT2D eigenvalue weighted by Crippen LogP contribution is -2.06. The molecule has 3 rings (SSSR count). The van der Waals surface area contributed by atoms with Crippen LogP contribution in [0.2, 0.25) is 0 Å². The maximum Gasteiger partial charge on any atom is 0.159 e. The van der Waals surface area contributed by atoms with Crippen LogP contribution in [-0.2, 0) is 6.54 Å². The smallest absolute Gasteiger partial charge is 0.159 e. The molecule has 4 heteroatoms. The molecular formula is C14H16N4. The van der Waals surface area contributed by atoms with Gasteiger partial charge in [-0.15, -0.1) is 0 Å². The molecule has 2 aromatic heterocycles. The maximum absolute atomic E-state index is 5.74. The Bertz CT molecular complexity index is 576. The Balaban J connectivity index is 2.08. The monoisotopic (exact) mass is 240 g/mol. The van der Waals surface area contributed by atoms with E-state index in [1.807, 2.05) is 25.4 Å². The second-order valence-corrected chi connectivity index (χ2v) is 4.77. The van der Waals surface area contributed by atoms with Crippen LogP contribution in [0.3, 0.4) is 0 Å². The topological polar surface area (TPSA) is 64.7 Å². The minimum atomic E-state index is 0.515. The zero-order chi connectivity index (χ0) is 12.5. The molecule has 1 fully saturated rings. The predicted octanol–water partition coefficient (Wildman–Crippen LogP) is 2.18. The van der Waals surface area contributed by atoms with Gasteiger partial charge in [0, 0.05) is 42.2 Å². The van der Waals surface area contributed by atoms with Crippen LogP contribution >= 0.6 is 0 Å². The van der Waals surface area contributed by atoms with Gasteiger partial charge in [0.25, 0.3) is 0 Å². The Kier molecular flexibility index (Phi) is 2.80. The molecule has 2 aromatic rings. The van der Waals surface area contributed by atoms with Gasteiger partial charge in [0.15, 0.2) is 5.82 Å². The third kappa shape index (κ3) is 1.99. The van der Waals surface area contributed by atoms with E-state index in [1.54, 1.807) is 6.20 Å². The fourth-order valence-corrected chi connectivity index (χ4v) is 2.14. The summed E-state index contributed by atoms with van der Waals surface area (Å²) in [5.41, 5.74) is 10.1. The summed E-state index contributed by atoms with van der Waals surface area (Å²) in [6.07, 6.45) is 7.93. The average Bonchev–Trinajstić information content (AvgIpc) is 3.23. The maximum atomic E-state index is 5.74. The van der Waals surface area contributed by atoms with Crippen molar-refractivity contribution in [1.29, 1.82) is 0 Å². The quantitative estimate of drug-likeness (QED) is 0.893. The standard InChI is InChI=1S/C14H16N4/c1-9-7-16-5-4-12(9)14-17-8-11(6-15)13(18-14)10-2-3-10/h4-5,7-8,10H,2-3,6,15H2,1H3. The molecule has 1 aliphatic rings. The van der Waals surface area contributed by atoms with E-state index in [9.17, 15) is 0 Å². The zero-order valence-corrected chi connectivity index (χ0v) is 10.4. The van der Waals surface area contributed by atoms with Crippen LogP contribution < -0.4 is 5.73 Å². The summed E-state index contributed by atoms with van der Waals surface area (Å²) in [7, 11) is 0. The van der Waals surface area contributed by atoms with Crippen molar-refractivity contribution in [3.05, 3.63) is 41.5 Å². The number of nitrogens with zero attached hydrogens (tertiary/aromatic N) is 3. The van der Waals surface area contributed by atoms with Gasteiger partial charge in [0.05, 0.1) is 5.69 Å². The van der Waals surface area contributed by atoms with Gasteiger partial charge in [-0.05, 0) is 31.4 Å². The minimum Gasteiger partial charge on any atom is -0.326 e. The predicted molar refractivity (Wildman–Crippen MR) is 69.9 cm³/mol. The van der Waals surface area contributed by atoms with Gasteiger partial charge in [-0.1, -0.05) is 0 Å². The van der Waals surface area contributed by atoms with Gasteiger partial charge >= 0.3 is 0 Å². The van der Waals surface area contributed by atoms with Crippen LogP contribution in [0.4, 0.5) is 0 Å². The molecule has 18 heavy (non-hydrogen) atoms. The van der Waals surface area contributed by atoms with Crippen molar-refractivity contribution in [2.24, 2.45) is 5.73 Å². The van der Waals surface area contributed by atoms with Crippen molar-refractivity contribution in [3.63, 3.8) is 0 Å². The highest BCUT2D eigenvalue weighted by Gasteiger charge is 2.28. The minimum absolute atomic E-state index is 0.515. The molecule has 1 saturated carbocycles. The summed E-state index contributed by atoms with van der Waals surface area (Å²) in [5, 5.41) is 0. The third-order valence-corrected chi connectivity index (χ3v) is 3.34. The van der Waals surface area contributed by atoms with Crippen LogP contribution in [-0.4, -0.2) is 15.0 Å². The van der Waals surface area contributed by atoms with E-state index in [0.29, 0.717) is 12.5 Å². The van der Waals surface area contributed by atoms with E-state index < -0.39 is 0 Å². The molecule has 0 unspecified atom stereocenters. The highest BCUT2D eigenvalue weighted by Crippen LogP contribution is 2.41. The van der Waals surface area contributed by atoms with Gasteiger partial charge in [0.2, 0.25) is 0 Å². The van der Waals surface area contributed by atoms with Gasteiger partial charge in [0.1, 0.15) is 0 Å². The molecule has 0 radical (unpaired) electrons. The Labute approximate surface area is 106 Å². The molecule has 0 saturated heterocycles. The van der Waals surface area contributed by atoms with E-state index >= 15 is 0 Å². The number of nitrogens with two attached hydrogens (primary N) is 1. The van der Waals surface area contributed by atoms with E-state index in [2.05, 4.69) is 9.97 Å². The summed E-state index contributed by atoms with van der Waals surface area (Å²) in [6.45, 7) is 2.54. The molecule has 0 aromatic carbocycles. The van der Waals surface area contributed by atoms with E-state index in [-0.39, 0.29) is 0 Å². The Hall–Kier alpha value is -1.81.